The van der Waals surface area contributed by atoms with E-state index in [-0.39, 0.29) is 5.92 Å². The SMILES string of the molecule is O=C(C1CCCC1)N1CCN(C[C@@H](O)COc2ccccc2)CC1. The van der Waals surface area contributed by atoms with Crippen LogP contribution in [0.5, 0.6) is 5.75 Å². The Morgan fingerprint density at radius 3 is 2.46 bits per heavy atom. The van der Waals surface area contributed by atoms with E-state index in [1.54, 1.807) is 0 Å². The molecule has 5 nitrogen and oxygen atoms in total. The van der Waals surface area contributed by atoms with Gasteiger partial charge in [-0.05, 0) is 25.0 Å². The number of para-hydroxylation sites is 1. The van der Waals surface area contributed by atoms with Gasteiger partial charge in [0.05, 0.1) is 0 Å². The summed E-state index contributed by atoms with van der Waals surface area (Å²) >= 11 is 0. The highest BCUT2D eigenvalue weighted by Gasteiger charge is 2.29. The van der Waals surface area contributed by atoms with Crippen LogP contribution >= 0.6 is 0 Å². The quantitative estimate of drug-likeness (QED) is 0.862. The first kappa shape index (κ1) is 17.2. The summed E-state index contributed by atoms with van der Waals surface area (Å²) in [6.45, 7) is 4.12. The zero-order valence-corrected chi connectivity index (χ0v) is 14.3. The number of ether oxygens (including phenoxy) is 1. The highest BCUT2D eigenvalue weighted by atomic mass is 16.5. The molecule has 1 aliphatic carbocycles. The number of piperazine rings is 1. The van der Waals surface area contributed by atoms with E-state index in [4.69, 9.17) is 4.74 Å². The van der Waals surface area contributed by atoms with Gasteiger partial charge in [0.2, 0.25) is 5.91 Å². The molecule has 5 heteroatoms. The third-order valence-electron chi connectivity index (χ3n) is 5.04. The molecular weight excluding hydrogens is 304 g/mol. The number of amides is 1. The van der Waals surface area contributed by atoms with Crippen molar-refractivity contribution in [3.05, 3.63) is 30.3 Å². The van der Waals surface area contributed by atoms with Crippen LogP contribution in [0.3, 0.4) is 0 Å². The van der Waals surface area contributed by atoms with Gasteiger partial charge >= 0.3 is 0 Å². The normalized spacial score (nSPS) is 21.0. The molecule has 0 unspecified atom stereocenters. The summed E-state index contributed by atoms with van der Waals surface area (Å²) in [6, 6.07) is 9.56. The Bertz CT molecular complexity index is 509. The molecule has 1 atom stereocenters. The van der Waals surface area contributed by atoms with Crippen molar-refractivity contribution < 1.29 is 14.6 Å². The summed E-state index contributed by atoms with van der Waals surface area (Å²) in [5, 5.41) is 10.2. The van der Waals surface area contributed by atoms with Crippen molar-refractivity contribution in [2.45, 2.75) is 31.8 Å². The van der Waals surface area contributed by atoms with E-state index in [1.807, 2.05) is 35.2 Å². The Balaban J connectivity index is 1.36. The molecule has 1 amide bonds. The zero-order chi connectivity index (χ0) is 16.8. The van der Waals surface area contributed by atoms with Gasteiger partial charge in [-0.1, -0.05) is 31.0 Å². The summed E-state index contributed by atoms with van der Waals surface area (Å²) < 4.78 is 5.59. The molecule has 1 heterocycles. The second-order valence-corrected chi connectivity index (χ2v) is 6.89. The minimum atomic E-state index is -0.512. The highest BCUT2D eigenvalue weighted by molar-refractivity contribution is 5.79. The van der Waals surface area contributed by atoms with Gasteiger partial charge in [0.1, 0.15) is 18.5 Å². The number of nitrogens with zero attached hydrogens (tertiary/aromatic N) is 2. The number of benzene rings is 1. The Labute approximate surface area is 144 Å². The first-order valence-corrected chi connectivity index (χ1v) is 9.09. The van der Waals surface area contributed by atoms with E-state index in [2.05, 4.69) is 4.90 Å². The summed E-state index contributed by atoms with van der Waals surface area (Å²) in [6.07, 6.45) is 4.01. The molecule has 0 bridgehead atoms. The molecule has 0 radical (unpaired) electrons. The van der Waals surface area contributed by atoms with Crippen LogP contribution in [0.1, 0.15) is 25.7 Å². The summed E-state index contributed by atoms with van der Waals surface area (Å²) in [5.74, 6) is 1.39. The van der Waals surface area contributed by atoms with Crippen LogP contribution in [0.15, 0.2) is 30.3 Å². The topological polar surface area (TPSA) is 53.0 Å². The first-order chi connectivity index (χ1) is 11.7. The Kier molecular flexibility index (Phi) is 6.10. The van der Waals surface area contributed by atoms with E-state index in [1.165, 1.54) is 12.8 Å². The fourth-order valence-electron chi connectivity index (χ4n) is 3.64. The second kappa shape index (κ2) is 8.49. The van der Waals surface area contributed by atoms with Crippen molar-refractivity contribution in [2.75, 3.05) is 39.3 Å². The molecule has 24 heavy (non-hydrogen) atoms. The molecule has 0 aromatic heterocycles. The average Bonchev–Trinajstić information content (AvgIpc) is 3.16. The molecule has 132 valence electrons. The molecule has 1 N–H and O–H groups in total. The molecule has 1 aromatic carbocycles. The predicted octanol–water partition coefficient (Wildman–Crippen LogP) is 1.76. The third kappa shape index (κ3) is 4.71. The molecule has 1 saturated heterocycles. The molecule has 2 aliphatic rings. The van der Waals surface area contributed by atoms with Crippen LogP contribution in [0.4, 0.5) is 0 Å². The van der Waals surface area contributed by atoms with Gasteiger partial charge in [0.25, 0.3) is 0 Å². The standard InChI is InChI=1S/C19H28N2O3/c22-17(15-24-18-8-2-1-3-9-18)14-20-10-12-21(13-11-20)19(23)16-6-4-5-7-16/h1-3,8-9,16-17,22H,4-7,10-15H2/t17-/m1/s1. The van der Waals surface area contributed by atoms with E-state index in [9.17, 15) is 9.90 Å². The lowest BCUT2D eigenvalue weighted by Crippen LogP contribution is -2.52. The lowest BCUT2D eigenvalue weighted by Gasteiger charge is -2.36. The van der Waals surface area contributed by atoms with Crippen molar-refractivity contribution in [2.24, 2.45) is 5.92 Å². The molecule has 0 spiro atoms. The first-order valence-electron chi connectivity index (χ1n) is 9.09. The van der Waals surface area contributed by atoms with Gasteiger partial charge in [-0.2, -0.15) is 0 Å². The van der Waals surface area contributed by atoms with E-state index in [0.29, 0.717) is 19.1 Å². The lowest BCUT2D eigenvalue weighted by molar-refractivity contribution is -0.137. The number of hydrogen-bond acceptors (Lipinski definition) is 4. The number of aliphatic hydroxyl groups is 1. The van der Waals surface area contributed by atoms with E-state index >= 15 is 0 Å². The number of carbonyl (C=O) groups excluding carboxylic acids is 1. The molecular formula is C19H28N2O3. The van der Waals surface area contributed by atoms with E-state index < -0.39 is 6.10 Å². The minimum Gasteiger partial charge on any atom is -0.491 e. The van der Waals surface area contributed by atoms with Gasteiger partial charge in [0, 0.05) is 38.6 Å². The van der Waals surface area contributed by atoms with Crippen LogP contribution in [-0.4, -0.2) is 66.2 Å². The fourth-order valence-corrected chi connectivity index (χ4v) is 3.64. The maximum atomic E-state index is 12.4. The van der Waals surface area contributed by atoms with Crippen LogP contribution in [0.25, 0.3) is 0 Å². The number of rotatable bonds is 6. The van der Waals surface area contributed by atoms with Gasteiger partial charge in [-0.3, -0.25) is 9.69 Å². The van der Waals surface area contributed by atoms with Gasteiger partial charge < -0.3 is 14.7 Å². The van der Waals surface area contributed by atoms with Gasteiger partial charge in [0.15, 0.2) is 0 Å². The second-order valence-electron chi connectivity index (χ2n) is 6.89. The van der Waals surface area contributed by atoms with Crippen molar-refractivity contribution in [1.29, 1.82) is 0 Å². The van der Waals surface area contributed by atoms with Gasteiger partial charge in [-0.25, -0.2) is 0 Å². The number of aliphatic hydroxyl groups excluding tert-OH is 1. The average molecular weight is 332 g/mol. The molecule has 2 fully saturated rings. The van der Waals surface area contributed by atoms with Crippen LogP contribution in [-0.2, 0) is 4.79 Å². The predicted molar refractivity (Wildman–Crippen MR) is 92.9 cm³/mol. The molecule has 1 aliphatic heterocycles. The lowest BCUT2D eigenvalue weighted by atomic mass is 10.1. The molecule has 1 saturated carbocycles. The van der Waals surface area contributed by atoms with Crippen LogP contribution in [0.2, 0.25) is 0 Å². The van der Waals surface area contributed by atoms with Crippen LogP contribution in [0, 0.1) is 5.92 Å². The molecule has 1 aromatic rings. The van der Waals surface area contributed by atoms with Crippen molar-refractivity contribution in [3.63, 3.8) is 0 Å². The largest absolute Gasteiger partial charge is 0.491 e. The smallest absolute Gasteiger partial charge is 0.225 e. The third-order valence-corrected chi connectivity index (χ3v) is 5.04. The van der Waals surface area contributed by atoms with Crippen molar-refractivity contribution >= 4 is 5.91 Å². The minimum absolute atomic E-state index is 0.265. The molecule has 3 rings (SSSR count). The summed E-state index contributed by atoms with van der Waals surface area (Å²) in [7, 11) is 0. The number of β-amino-alcohol motifs (C(OH)–C–C–N with tert-alkyl or cyclic N) is 1. The maximum Gasteiger partial charge on any atom is 0.225 e. The number of hydrogen-bond donors (Lipinski definition) is 1. The van der Waals surface area contributed by atoms with Crippen LogP contribution < -0.4 is 4.74 Å². The Hall–Kier alpha value is -1.59. The van der Waals surface area contributed by atoms with Crippen molar-refractivity contribution in [3.8, 4) is 5.75 Å². The number of carbonyl (C=O) groups is 1. The van der Waals surface area contributed by atoms with E-state index in [0.717, 1.165) is 44.8 Å². The maximum absolute atomic E-state index is 12.4. The fraction of sp³-hybridized carbons (Fsp3) is 0.632. The van der Waals surface area contributed by atoms with Crippen molar-refractivity contribution in [1.82, 2.24) is 9.80 Å². The Morgan fingerprint density at radius 1 is 1.12 bits per heavy atom. The Morgan fingerprint density at radius 2 is 1.79 bits per heavy atom. The summed E-state index contributed by atoms with van der Waals surface area (Å²) in [5.41, 5.74) is 0. The zero-order valence-electron chi connectivity index (χ0n) is 14.3. The summed E-state index contributed by atoms with van der Waals surface area (Å²) in [4.78, 5) is 16.7. The highest BCUT2D eigenvalue weighted by Crippen LogP contribution is 2.26. The van der Waals surface area contributed by atoms with Gasteiger partial charge in [-0.15, -0.1) is 0 Å². The monoisotopic (exact) mass is 332 g/mol.